The molecule has 0 unspecified atom stereocenters. The minimum atomic E-state index is -1.02. The number of H-pyrrole nitrogens is 1. The number of hydrogen-bond donors (Lipinski definition) is 2. The van der Waals surface area contributed by atoms with Gasteiger partial charge in [-0.05, 0) is 29.0 Å². The van der Waals surface area contributed by atoms with Gasteiger partial charge in [0.15, 0.2) is 0 Å². The summed E-state index contributed by atoms with van der Waals surface area (Å²) in [6.45, 7) is 1.83. The zero-order valence-electron chi connectivity index (χ0n) is 13.5. The van der Waals surface area contributed by atoms with Gasteiger partial charge in [-0.2, -0.15) is 0 Å². The quantitative estimate of drug-likeness (QED) is 0.717. The van der Waals surface area contributed by atoms with Crippen LogP contribution in [0.2, 0.25) is 0 Å². The molecular weight excluding hydrogens is 324 g/mol. The van der Waals surface area contributed by atoms with Crippen LogP contribution in [-0.2, 0) is 29.1 Å². The lowest BCUT2D eigenvalue weighted by molar-refractivity contribution is -0.151. The molecule has 3 aromatic rings. The summed E-state index contributed by atoms with van der Waals surface area (Å²) < 4.78 is 1.36. The zero-order chi connectivity index (χ0) is 17.6. The van der Waals surface area contributed by atoms with Crippen LogP contribution in [0.5, 0.6) is 0 Å². The number of fused-ring (bicyclic) bond motifs is 3. The summed E-state index contributed by atoms with van der Waals surface area (Å²) in [5, 5.41) is 21.6. The number of carboxylic acid groups (broad SMARTS) is 1. The van der Waals surface area contributed by atoms with Gasteiger partial charge in [-0.15, -0.1) is 5.10 Å². The second kappa shape index (κ2) is 5.69. The van der Waals surface area contributed by atoms with Crippen LogP contribution in [0.15, 0.2) is 24.3 Å². The first-order valence-corrected chi connectivity index (χ1v) is 7.88. The number of nitrogens with one attached hydrogen (secondary N) is 1. The number of hydrogen-bond acceptors (Lipinski definition) is 5. The van der Waals surface area contributed by atoms with E-state index in [4.69, 9.17) is 0 Å². The lowest BCUT2D eigenvalue weighted by Crippen LogP contribution is -2.49. The van der Waals surface area contributed by atoms with Gasteiger partial charge in [-0.1, -0.05) is 18.2 Å². The van der Waals surface area contributed by atoms with E-state index in [1.165, 1.54) is 9.58 Å². The van der Waals surface area contributed by atoms with Gasteiger partial charge in [0, 0.05) is 23.0 Å². The Hall–Kier alpha value is -3.23. The van der Waals surface area contributed by atoms with Crippen molar-refractivity contribution in [1.29, 1.82) is 0 Å². The van der Waals surface area contributed by atoms with E-state index in [0.717, 1.165) is 22.2 Å². The molecule has 1 aromatic carbocycles. The summed E-state index contributed by atoms with van der Waals surface area (Å²) in [6.07, 6.45) is 0.273. The maximum Gasteiger partial charge on any atom is 0.326 e. The molecule has 3 heterocycles. The highest BCUT2D eigenvalue weighted by Gasteiger charge is 2.36. The van der Waals surface area contributed by atoms with E-state index in [0.29, 0.717) is 5.82 Å². The molecule has 128 valence electrons. The number of aromatic amines is 1. The summed E-state index contributed by atoms with van der Waals surface area (Å²) >= 11 is 0. The van der Waals surface area contributed by atoms with E-state index >= 15 is 0 Å². The highest BCUT2D eigenvalue weighted by atomic mass is 16.4. The Morgan fingerprint density at radius 2 is 2.16 bits per heavy atom. The van der Waals surface area contributed by atoms with Crippen molar-refractivity contribution in [3.8, 4) is 0 Å². The van der Waals surface area contributed by atoms with Crippen LogP contribution in [0.1, 0.15) is 17.1 Å². The highest BCUT2D eigenvalue weighted by molar-refractivity contribution is 5.89. The molecular formula is C16H16N6O3. The van der Waals surface area contributed by atoms with Crippen LogP contribution in [-0.4, -0.2) is 53.1 Å². The molecule has 1 atom stereocenters. The van der Waals surface area contributed by atoms with Crippen LogP contribution in [0.3, 0.4) is 0 Å². The molecule has 25 heavy (non-hydrogen) atoms. The fourth-order valence-electron chi connectivity index (χ4n) is 3.30. The molecule has 0 radical (unpaired) electrons. The van der Waals surface area contributed by atoms with Crippen molar-refractivity contribution in [1.82, 2.24) is 30.1 Å². The zero-order valence-corrected chi connectivity index (χ0v) is 13.5. The van der Waals surface area contributed by atoms with E-state index in [2.05, 4.69) is 20.5 Å². The lowest BCUT2D eigenvalue weighted by atomic mass is 9.96. The van der Waals surface area contributed by atoms with E-state index in [1.807, 2.05) is 24.3 Å². The number of aryl methyl sites for hydroxylation is 1. The average molecular weight is 340 g/mol. The van der Waals surface area contributed by atoms with Gasteiger partial charge in [-0.25, -0.2) is 9.48 Å². The Labute approximate surface area is 142 Å². The number of carbonyl (C=O) groups is 2. The van der Waals surface area contributed by atoms with Gasteiger partial charge in [0.05, 0.1) is 6.54 Å². The van der Waals surface area contributed by atoms with Crippen molar-refractivity contribution in [3.63, 3.8) is 0 Å². The Morgan fingerprint density at radius 1 is 1.36 bits per heavy atom. The molecule has 0 saturated carbocycles. The fourth-order valence-corrected chi connectivity index (χ4v) is 3.30. The van der Waals surface area contributed by atoms with Crippen molar-refractivity contribution >= 4 is 22.8 Å². The number of carbonyl (C=O) groups excluding carboxylic acids is 1. The summed E-state index contributed by atoms with van der Waals surface area (Å²) in [6, 6.07) is 6.84. The van der Waals surface area contributed by atoms with Crippen LogP contribution >= 0.6 is 0 Å². The monoisotopic (exact) mass is 340 g/mol. The fraction of sp³-hybridized carbons (Fsp3) is 0.312. The lowest BCUT2D eigenvalue weighted by Gasteiger charge is -2.33. The number of nitrogens with zero attached hydrogens (tertiary/aromatic N) is 5. The Bertz CT molecular complexity index is 975. The summed E-state index contributed by atoms with van der Waals surface area (Å²) in [4.78, 5) is 29.1. The van der Waals surface area contributed by atoms with E-state index < -0.39 is 12.0 Å². The minimum Gasteiger partial charge on any atom is -0.480 e. The minimum absolute atomic E-state index is 0.0851. The molecule has 1 aliphatic heterocycles. The number of amides is 1. The van der Waals surface area contributed by atoms with Crippen molar-refractivity contribution in [2.45, 2.75) is 32.5 Å². The number of tetrazole rings is 1. The number of carboxylic acids is 1. The first kappa shape index (κ1) is 15.3. The third-order valence-corrected chi connectivity index (χ3v) is 4.61. The van der Waals surface area contributed by atoms with Gasteiger partial charge in [-0.3, -0.25) is 4.79 Å². The van der Waals surface area contributed by atoms with Crippen LogP contribution in [0.4, 0.5) is 0 Å². The maximum absolute atomic E-state index is 12.7. The molecule has 0 aliphatic carbocycles. The average Bonchev–Trinajstić information content (AvgIpc) is 3.16. The Morgan fingerprint density at radius 3 is 2.88 bits per heavy atom. The molecule has 2 aromatic heterocycles. The normalized spacial score (nSPS) is 16.8. The van der Waals surface area contributed by atoms with Crippen molar-refractivity contribution < 1.29 is 14.7 Å². The molecule has 1 amide bonds. The summed E-state index contributed by atoms with van der Waals surface area (Å²) in [5.74, 6) is -0.839. The molecule has 9 heteroatoms. The Balaban J connectivity index is 1.68. The van der Waals surface area contributed by atoms with E-state index in [1.54, 1.807) is 6.92 Å². The van der Waals surface area contributed by atoms with Crippen molar-refractivity contribution in [2.75, 3.05) is 0 Å². The van der Waals surface area contributed by atoms with Gasteiger partial charge >= 0.3 is 5.97 Å². The van der Waals surface area contributed by atoms with Gasteiger partial charge in [0.2, 0.25) is 5.91 Å². The molecule has 4 rings (SSSR count). The SMILES string of the molecule is Cc1nnnn1CC(=O)N1Cc2[nH]c3ccccc3c2C[C@H]1C(=O)O. The molecule has 1 aliphatic rings. The number of aromatic nitrogens is 5. The number of benzene rings is 1. The second-order valence-electron chi connectivity index (χ2n) is 6.09. The highest BCUT2D eigenvalue weighted by Crippen LogP contribution is 2.30. The Kier molecular flexibility index (Phi) is 3.48. The molecule has 2 N–H and O–H groups in total. The van der Waals surface area contributed by atoms with E-state index in [9.17, 15) is 14.7 Å². The van der Waals surface area contributed by atoms with Crippen molar-refractivity contribution in [3.05, 3.63) is 41.3 Å². The first-order valence-electron chi connectivity index (χ1n) is 7.88. The van der Waals surface area contributed by atoms with Gasteiger partial charge in [0.25, 0.3) is 0 Å². The summed E-state index contributed by atoms with van der Waals surface area (Å²) in [7, 11) is 0. The summed E-state index contributed by atoms with van der Waals surface area (Å²) in [5.41, 5.74) is 2.79. The predicted octanol–water partition coefficient (Wildman–Crippen LogP) is 0.501. The third kappa shape index (κ3) is 2.53. The van der Waals surface area contributed by atoms with Crippen LogP contribution < -0.4 is 0 Å². The third-order valence-electron chi connectivity index (χ3n) is 4.61. The standard InChI is InChI=1S/C16H16N6O3/c1-9-18-19-20-22(9)8-15(23)21-7-13-11(6-14(21)16(24)25)10-4-2-3-5-12(10)17-13/h2-5,14,17H,6-8H2,1H3,(H,24,25)/t14-/m0/s1. The maximum atomic E-state index is 12.7. The second-order valence-corrected chi connectivity index (χ2v) is 6.09. The molecule has 0 spiro atoms. The van der Waals surface area contributed by atoms with Crippen LogP contribution in [0, 0.1) is 6.92 Å². The van der Waals surface area contributed by atoms with E-state index in [-0.39, 0.29) is 25.4 Å². The number of rotatable bonds is 3. The molecule has 9 nitrogen and oxygen atoms in total. The van der Waals surface area contributed by atoms with Crippen molar-refractivity contribution in [2.24, 2.45) is 0 Å². The van der Waals surface area contributed by atoms with Crippen LogP contribution in [0.25, 0.3) is 10.9 Å². The number of para-hydroxylation sites is 1. The largest absolute Gasteiger partial charge is 0.480 e. The predicted molar refractivity (Wildman–Crippen MR) is 86.5 cm³/mol. The first-order chi connectivity index (χ1) is 12.0. The molecule has 0 saturated heterocycles. The van der Waals surface area contributed by atoms with Gasteiger partial charge < -0.3 is 15.0 Å². The topological polar surface area (TPSA) is 117 Å². The van der Waals surface area contributed by atoms with Gasteiger partial charge in [0.1, 0.15) is 18.4 Å². The smallest absolute Gasteiger partial charge is 0.326 e. The number of aliphatic carboxylic acids is 1. The molecule has 0 bridgehead atoms. The molecule has 0 fully saturated rings.